The number of hydrogen-bond donors (Lipinski definition) is 0. The number of carbonyl (C=O) groups excluding carboxylic acids is 1. The number of likely N-dealkylation sites (tertiary alicyclic amines) is 1. The second kappa shape index (κ2) is 3.33. The summed E-state index contributed by atoms with van der Waals surface area (Å²) >= 11 is 0. The topological polar surface area (TPSA) is 23.6 Å². The third-order valence-electron chi connectivity index (χ3n) is 3.21. The molecule has 0 aliphatic carbocycles. The van der Waals surface area contributed by atoms with E-state index in [1.807, 2.05) is 9.71 Å². The van der Waals surface area contributed by atoms with Gasteiger partial charge in [-0.15, -0.1) is 0 Å². The molecule has 2 heterocycles. The Morgan fingerprint density at radius 3 is 2.92 bits per heavy atom. The van der Waals surface area contributed by atoms with Crippen molar-refractivity contribution in [3.8, 4) is 0 Å². The summed E-state index contributed by atoms with van der Waals surface area (Å²) in [7, 11) is 5.75. The van der Waals surface area contributed by atoms with Crippen LogP contribution in [-0.2, 0) is 4.79 Å². The zero-order valence-corrected chi connectivity index (χ0v) is 8.07. The third kappa shape index (κ3) is 1.59. The van der Waals surface area contributed by atoms with Crippen LogP contribution in [-0.4, -0.2) is 49.3 Å². The Balaban J connectivity index is 2.09. The van der Waals surface area contributed by atoms with Gasteiger partial charge in [-0.25, -0.2) is 0 Å². The highest BCUT2D eigenvalue weighted by Gasteiger charge is 2.38. The highest BCUT2D eigenvalue weighted by atomic mass is 16.2. The summed E-state index contributed by atoms with van der Waals surface area (Å²) in [5.41, 5.74) is 0. The fraction of sp³-hybridized carbons (Fsp3) is 0.889. The number of hydrogen-bond acceptors (Lipinski definition) is 2. The summed E-state index contributed by atoms with van der Waals surface area (Å²) in [6.07, 6.45) is 2.36. The lowest BCUT2D eigenvalue weighted by Gasteiger charge is -2.36. The highest BCUT2D eigenvalue weighted by Crippen LogP contribution is 2.29. The Hall–Kier alpha value is -0.505. The van der Waals surface area contributed by atoms with Gasteiger partial charge in [-0.1, -0.05) is 0 Å². The standard InChI is InChI=1S/C9H15BN2O/c1-7(13)12-4-2-3-8-5-11(10)6-9(8)12/h8-9H,2-6H2,1H3/t8-,9+/m1/s1. The number of fused-ring (bicyclic) bond motifs is 1. The van der Waals surface area contributed by atoms with Crippen LogP contribution in [0.5, 0.6) is 0 Å². The minimum atomic E-state index is 0.199. The Kier molecular flexibility index (Phi) is 2.32. The second-order valence-electron chi connectivity index (χ2n) is 4.14. The molecule has 2 saturated heterocycles. The maximum absolute atomic E-state index is 11.3. The van der Waals surface area contributed by atoms with E-state index in [9.17, 15) is 4.79 Å². The Morgan fingerprint density at radius 2 is 2.23 bits per heavy atom. The zero-order valence-electron chi connectivity index (χ0n) is 8.07. The van der Waals surface area contributed by atoms with E-state index in [-0.39, 0.29) is 5.91 Å². The van der Waals surface area contributed by atoms with Crippen molar-refractivity contribution in [2.45, 2.75) is 25.8 Å². The molecule has 0 unspecified atom stereocenters. The number of rotatable bonds is 0. The minimum Gasteiger partial charge on any atom is -0.351 e. The number of amides is 1. The van der Waals surface area contributed by atoms with E-state index >= 15 is 0 Å². The zero-order chi connectivity index (χ0) is 9.42. The summed E-state index contributed by atoms with van der Waals surface area (Å²) in [6.45, 7) is 4.38. The van der Waals surface area contributed by atoms with E-state index in [0.29, 0.717) is 12.0 Å². The summed E-state index contributed by atoms with van der Waals surface area (Å²) in [6, 6.07) is 0.385. The molecule has 3 nitrogen and oxygen atoms in total. The summed E-state index contributed by atoms with van der Waals surface area (Å²) in [5.74, 6) is 0.813. The van der Waals surface area contributed by atoms with Crippen molar-refractivity contribution in [3.63, 3.8) is 0 Å². The van der Waals surface area contributed by atoms with E-state index < -0.39 is 0 Å². The van der Waals surface area contributed by atoms with E-state index in [1.54, 1.807) is 6.92 Å². The van der Waals surface area contributed by atoms with Gasteiger partial charge >= 0.3 is 0 Å². The van der Waals surface area contributed by atoms with Crippen molar-refractivity contribution in [1.29, 1.82) is 0 Å². The van der Waals surface area contributed by atoms with Crippen molar-refractivity contribution >= 4 is 13.9 Å². The van der Waals surface area contributed by atoms with Gasteiger partial charge in [0.1, 0.15) is 0 Å². The summed E-state index contributed by atoms with van der Waals surface area (Å²) in [5, 5.41) is 0. The van der Waals surface area contributed by atoms with Gasteiger partial charge in [-0.05, 0) is 25.3 Å². The van der Waals surface area contributed by atoms with Gasteiger partial charge in [0.2, 0.25) is 5.91 Å². The van der Waals surface area contributed by atoms with Crippen LogP contribution >= 0.6 is 0 Å². The molecule has 2 atom stereocenters. The van der Waals surface area contributed by atoms with Crippen LogP contribution in [0.1, 0.15) is 19.8 Å². The first-order valence-electron chi connectivity index (χ1n) is 4.95. The molecule has 0 N–H and O–H groups in total. The van der Waals surface area contributed by atoms with E-state index in [0.717, 1.165) is 26.1 Å². The quantitative estimate of drug-likeness (QED) is 0.488. The molecule has 0 aromatic carbocycles. The van der Waals surface area contributed by atoms with Gasteiger partial charge in [0.15, 0.2) is 7.98 Å². The highest BCUT2D eigenvalue weighted by molar-refractivity contribution is 6.04. The predicted molar refractivity (Wildman–Crippen MR) is 51.2 cm³/mol. The van der Waals surface area contributed by atoms with Crippen molar-refractivity contribution in [2.24, 2.45) is 5.92 Å². The number of carbonyl (C=O) groups is 1. The monoisotopic (exact) mass is 178 g/mol. The molecule has 70 valence electrons. The lowest BCUT2D eigenvalue weighted by atomic mass is 9.92. The molecule has 2 radical (unpaired) electrons. The normalized spacial score (nSPS) is 34.7. The van der Waals surface area contributed by atoms with Crippen LogP contribution in [0.2, 0.25) is 0 Å². The molecule has 4 heteroatoms. The van der Waals surface area contributed by atoms with E-state index in [1.165, 1.54) is 6.42 Å². The molecule has 2 aliphatic heterocycles. The van der Waals surface area contributed by atoms with Crippen LogP contribution in [0.3, 0.4) is 0 Å². The smallest absolute Gasteiger partial charge is 0.219 e. The average Bonchev–Trinajstić information content (AvgIpc) is 2.43. The first-order valence-corrected chi connectivity index (χ1v) is 4.95. The first kappa shape index (κ1) is 9.07. The van der Waals surface area contributed by atoms with Crippen LogP contribution in [0.15, 0.2) is 0 Å². The van der Waals surface area contributed by atoms with Crippen LogP contribution in [0.4, 0.5) is 0 Å². The lowest BCUT2D eigenvalue weighted by Crippen LogP contribution is -2.47. The summed E-state index contributed by atoms with van der Waals surface area (Å²) < 4.78 is 0. The van der Waals surface area contributed by atoms with Crippen molar-refractivity contribution in [2.75, 3.05) is 19.6 Å². The van der Waals surface area contributed by atoms with Gasteiger partial charge in [0.05, 0.1) is 0 Å². The molecular formula is C9H15BN2O. The number of nitrogens with zero attached hydrogens (tertiary/aromatic N) is 2. The van der Waals surface area contributed by atoms with Crippen molar-refractivity contribution in [1.82, 2.24) is 9.71 Å². The fourth-order valence-corrected chi connectivity index (χ4v) is 2.60. The van der Waals surface area contributed by atoms with Crippen LogP contribution in [0.25, 0.3) is 0 Å². The van der Waals surface area contributed by atoms with Gasteiger partial charge in [0.25, 0.3) is 0 Å². The molecular weight excluding hydrogens is 163 g/mol. The SMILES string of the molecule is [B]N1C[C@H]2CCCN(C(C)=O)[C@H]2C1. The van der Waals surface area contributed by atoms with Crippen LogP contribution in [0, 0.1) is 5.92 Å². The summed E-state index contributed by atoms with van der Waals surface area (Å²) in [4.78, 5) is 15.1. The Labute approximate surface area is 80.5 Å². The maximum atomic E-state index is 11.3. The second-order valence-corrected chi connectivity index (χ2v) is 4.14. The minimum absolute atomic E-state index is 0.199. The molecule has 2 aliphatic rings. The van der Waals surface area contributed by atoms with Crippen molar-refractivity contribution < 1.29 is 4.79 Å². The van der Waals surface area contributed by atoms with Gasteiger partial charge in [-0.2, -0.15) is 0 Å². The molecule has 2 fully saturated rings. The lowest BCUT2D eigenvalue weighted by molar-refractivity contribution is -0.133. The Bertz CT molecular complexity index is 222. The molecule has 0 spiro atoms. The molecule has 2 rings (SSSR count). The largest absolute Gasteiger partial charge is 0.351 e. The third-order valence-corrected chi connectivity index (χ3v) is 3.21. The Morgan fingerprint density at radius 1 is 1.46 bits per heavy atom. The van der Waals surface area contributed by atoms with Gasteiger partial charge in [0, 0.05) is 26.1 Å². The van der Waals surface area contributed by atoms with Gasteiger partial charge < -0.3 is 9.71 Å². The predicted octanol–water partition coefficient (Wildman–Crippen LogP) is 0.0126. The average molecular weight is 178 g/mol. The fourth-order valence-electron chi connectivity index (χ4n) is 2.60. The molecule has 0 aromatic rings. The molecule has 0 bridgehead atoms. The molecule has 1 amide bonds. The first-order chi connectivity index (χ1) is 6.18. The molecule has 13 heavy (non-hydrogen) atoms. The maximum Gasteiger partial charge on any atom is 0.219 e. The van der Waals surface area contributed by atoms with Gasteiger partial charge in [-0.3, -0.25) is 4.79 Å². The van der Waals surface area contributed by atoms with Crippen LogP contribution < -0.4 is 0 Å². The van der Waals surface area contributed by atoms with Crippen molar-refractivity contribution in [3.05, 3.63) is 0 Å². The molecule has 0 aromatic heterocycles. The van der Waals surface area contributed by atoms with E-state index in [2.05, 4.69) is 0 Å². The molecule has 0 saturated carbocycles. The van der Waals surface area contributed by atoms with E-state index in [4.69, 9.17) is 7.98 Å². The number of piperidine rings is 1.